The van der Waals surface area contributed by atoms with Gasteiger partial charge in [-0.3, -0.25) is 10.1 Å². The third kappa shape index (κ3) is 5.96. The van der Waals surface area contributed by atoms with Crippen LogP contribution in [0.1, 0.15) is 12.0 Å². The van der Waals surface area contributed by atoms with Crippen molar-refractivity contribution in [2.45, 2.75) is 13.0 Å². The molecule has 1 aromatic carbocycles. The molecule has 0 fully saturated rings. The van der Waals surface area contributed by atoms with E-state index >= 15 is 0 Å². The Kier molecular flexibility index (Phi) is 7.56. The molecule has 0 saturated carbocycles. The van der Waals surface area contributed by atoms with Crippen molar-refractivity contribution in [3.05, 3.63) is 33.9 Å². The van der Waals surface area contributed by atoms with Crippen LogP contribution in [0.3, 0.4) is 0 Å². The van der Waals surface area contributed by atoms with E-state index in [1.54, 1.807) is 7.11 Å². The summed E-state index contributed by atoms with van der Waals surface area (Å²) in [6.45, 7) is 2.41. The summed E-state index contributed by atoms with van der Waals surface area (Å²) in [4.78, 5) is 10.2. The van der Waals surface area contributed by atoms with Crippen molar-refractivity contribution in [3.8, 4) is 0 Å². The lowest BCUT2D eigenvalue weighted by atomic mass is 10.2. The third-order valence-electron chi connectivity index (χ3n) is 2.60. The molecule has 7 nitrogen and oxygen atoms in total. The molecular weight excluding hydrogens is 264 g/mol. The number of nitrogens with two attached hydrogens (primary N) is 1. The lowest BCUT2D eigenvalue weighted by Gasteiger charge is -2.07. The van der Waals surface area contributed by atoms with Crippen LogP contribution in [-0.2, 0) is 20.8 Å². The average molecular weight is 284 g/mol. The largest absolute Gasteiger partial charge is 0.398 e. The smallest absolute Gasteiger partial charge is 0.269 e. The summed E-state index contributed by atoms with van der Waals surface area (Å²) in [5.41, 5.74) is 6.84. The summed E-state index contributed by atoms with van der Waals surface area (Å²) >= 11 is 0. The normalized spacial score (nSPS) is 10.7. The summed E-state index contributed by atoms with van der Waals surface area (Å²) in [5, 5.41) is 10.7. The molecule has 0 aromatic heterocycles. The van der Waals surface area contributed by atoms with Gasteiger partial charge in [-0.2, -0.15) is 0 Å². The molecule has 7 heteroatoms. The highest BCUT2D eigenvalue weighted by Crippen LogP contribution is 2.20. The zero-order valence-corrected chi connectivity index (χ0v) is 11.5. The number of methoxy groups -OCH3 is 1. The van der Waals surface area contributed by atoms with E-state index in [1.807, 2.05) is 0 Å². The zero-order chi connectivity index (χ0) is 14.8. The maximum absolute atomic E-state index is 10.7. The maximum atomic E-state index is 10.7. The van der Waals surface area contributed by atoms with E-state index in [0.717, 1.165) is 6.42 Å². The van der Waals surface area contributed by atoms with Crippen LogP contribution in [0.4, 0.5) is 11.4 Å². The van der Waals surface area contributed by atoms with Gasteiger partial charge < -0.3 is 19.9 Å². The maximum Gasteiger partial charge on any atom is 0.269 e. The molecule has 0 bridgehead atoms. The molecule has 0 radical (unpaired) electrons. The number of nitro groups is 1. The summed E-state index contributed by atoms with van der Waals surface area (Å²) in [6.07, 6.45) is 0.842. The van der Waals surface area contributed by atoms with Crippen LogP contribution in [0.25, 0.3) is 0 Å². The minimum absolute atomic E-state index is 0.00798. The Morgan fingerprint density at radius 2 is 1.95 bits per heavy atom. The quantitative estimate of drug-likeness (QED) is 0.304. The number of nitrogens with zero attached hydrogens (tertiary/aromatic N) is 1. The fourth-order valence-corrected chi connectivity index (χ4v) is 1.54. The summed E-state index contributed by atoms with van der Waals surface area (Å²) in [6, 6.07) is 4.31. The van der Waals surface area contributed by atoms with Crippen molar-refractivity contribution < 1.29 is 19.1 Å². The van der Waals surface area contributed by atoms with E-state index in [2.05, 4.69) is 0 Å². The first-order valence-electron chi connectivity index (χ1n) is 6.32. The van der Waals surface area contributed by atoms with Gasteiger partial charge >= 0.3 is 0 Å². The van der Waals surface area contributed by atoms with Gasteiger partial charge in [-0.1, -0.05) is 0 Å². The fourth-order valence-electron chi connectivity index (χ4n) is 1.54. The van der Waals surface area contributed by atoms with Crippen LogP contribution in [0.15, 0.2) is 18.2 Å². The second-order valence-corrected chi connectivity index (χ2v) is 4.15. The van der Waals surface area contributed by atoms with Crippen molar-refractivity contribution in [1.82, 2.24) is 0 Å². The molecule has 0 heterocycles. The molecule has 0 aliphatic carbocycles. The molecule has 2 N–H and O–H groups in total. The van der Waals surface area contributed by atoms with E-state index in [1.165, 1.54) is 18.2 Å². The SMILES string of the molecule is COCCCOCCOCc1cc([N+](=O)[O-])ccc1N. The first-order valence-corrected chi connectivity index (χ1v) is 6.32. The number of ether oxygens (including phenoxy) is 3. The minimum Gasteiger partial charge on any atom is -0.398 e. The number of anilines is 1. The molecule has 0 aliphatic rings. The van der Waals surface area contributed by atoms with E-state index in [0.29, 0.717) is 37.7 Å². The van der Waals surface area contributed by atoms with Crippen LogP contribution < -0.4 is 5.73 Å². The molecule has 0 spiro atoms. The van der Waals surface area contributed by atoms with E-state index in [9.17, 15) is 10.1 Å². The van der Waals surface area contributed by atoms with Gasteiger partial charge in [0.25, 0.3) is 5.69 Å². The number of nitro benzene ring substituents is 1. The topological polar surface area (TPSA) is 96.8 Å². The molecular formula is C13H20N2O5. The molecule has 0 aliphatic heterocycles. The van der Waals surface area contributed by atoms with Crippen LogP contribution in [-0.4, -0.2) is 38.5 Å². The number of non-ortho nitro benzene ring substituents is 1. The fraction of sp³-hybridized carbons (Fsp3) is 0.538. The predicted molar refractivity (Wildman–Crippen MR) is 74.5 cm³/mol. The molecule has 1 aromatic rings. The van der Waals surface area contributed by atoms with Crippen molar-refractivity contribution in [3.63, 3.8) is 0 Å². The van der Waals surface area contributed by atoms with E-state index in [-0.39, 0.29) is 12.3 Å². The van der Waals surface area contributed by atoms with Crippen molar-refractivity contribution in [2.24, 2.45) is 0 Å². The number of hydrogen-bond acceptors (Lipinski definition) is 6. The van der Waals surface area contributed by atoms with E-state index in [4.69, 9.17) is 19.9 Å². The molecule has 1 rings (SSSR count). The van der Waals surface area contributed by atoms with Crippen LogP contribution in [0, 0.1) is 10.1 Å². The van der Waals surface area contributed by atoms with Gasteiger partial charge in [0.15, 0.2) is 0 Å². The van der Waals surface area contributed by atoms with Crippen LogP contribution in [0.5, 0.6) is 0 Å². The van der Waals surface area contributed by atoms with Crippen molar-refractivity contribution in [2.75, 3.05) is 39.3 Å². The highest BCUT2D eigenvalue weighted by Gasteiger charge is 2.09. The van der Waals surface area contributed by atoms with Gasteiger partial charge in [0.2, 0.25) is 0 Å². The number of rotatable bonds is 10. The number of nitrogen functional groups attached to an aromatic ring is 1. The standard InChI is InChI=1S/C13H20N2O5/c1-18-5-2-6-19-7-8-20-10-11-9-12(15(16)17)3-4-13(11)14/h3-4,9H,2,5-8,10,14H2,1H3. The lowest BCUT2D eigenvalue weighted by Crippen LogP contribution is -2.07. The average Bonchev–Trinajstić information content (AvgIpc) is 2.43. The Labute approximate surface area is 117 Å². The Balaban J connectivity index is 2.24. The van der Waals surface area contributed by atoms with Gasteiger partial charge in [0, 0.05) is 43.7 Å². The van der Waals surface area contributed by atoms with Gasteiger partial charge in [-0.05, 0) is 12.5 Å². The molecule has 20 heavy (non-hydrogen) atoms. The Bertz CT molecular complexity index is 425. The first-order chi connectivity index (χ1) is 9.65. The number of benzene rings is 1. The molecule has 112 valence electrons. The van der Waals surface area contributed by atoms with Crippen molar-refractivity contribution >= 4 is 11.4 Å². The zero-order valence-electron chi connectivity index (χ0n) is 11.5. The number of hydrogen-bond donors (Lipinski definition) is 1. The van der Waals surface area contributed by atoms with Crippen molar-refractivity contribution in [1.29, 1.82) is 0 Å². The summed E-state index contributed by atoms with van der Waals surface area (Å²) in [7, 11) is 1.65. The highest BCUT2D eigenvalue weighted by atomic mass is 16.6. The second kappa shape index (κ2) is 9.24. The first kappa shape index (κ1) is 16.4. The highest BCUT2D eigenvalue weighted by molar-refractivity contribution is 5.52. The molecule has 0 unspecified atom stereocenters. The minimum atomic E-state index is -0.456. The predicted octanol–water partition coefficient (Wildman–Crippen LogP) is 1.75. The van der Waals surface area contributed by atoms with Gasteiger partial charge in [0.05, 0.1) is 24.7 Å². The van der Waals surface area contributed by atoms with Crippen LogP contribution >= 0.6 is 0 Å². The lowest BCUT2D eigenvalue weighted by molar-refractivity contribution is -0.384. The van der Waals surface area contributed by atoms with Gasteiger partial charge in [-0.15, -0.1) is 0 Å². The van der Waals surface area contributed by atoms with Gasteiger partial charge in [-0.25, -0.2) is 0 Å². The van der Waals surface area contributed by atoms with Gasteiger partial charge in [0.1, 0.15) is 0 Å². The Hall–Kier alpha value is -1.70. The molecule has 0 saturated heterocycles. The monoisotopic (exact) mass is 284 g/mol. The second-order valence-electron chi connectivity index (χ2n) is 4.15. The Morgan fingerprint density at radius 1 is 1.20 bits per heavy atom. The molecule has 0 atom stereocenters. The van der Waals surface area contributed by atoms with Crippen LogP contribution in [0.2, 0.25) is 0 Å². The summed E-state index contributed by atoms with van der Waals surface area (Å²) in [5.74, 6) is 0. The third-order valence-corrected chi connectivity index (χ3v) is 2.60. The summed E-state index contributed by atoms with van der Waals surface area (Å²) < 4.78 is 15.6. The Morgan fingerprint density at radius 3 is 2.65 bits per heavy atom. The molecule has 0 amide bonds. The van der Waals surface area contributed by atoms with E-state index < -0.39 is 4.92 Å².